The van der Waals surface area contributed by atoms with Crippen LogP contribution in [-0.2, 0) is 4.79 Å². The van der Waals surface area contributed by atoms with Gasteiger partial charge in [-0.2, -0.15) is 0 Å². The van der Waals surface area contributed by atoms with E-state index in [1.807, 2.05) is 13.8 Å². The Morgan fingerprint density at radius 3 is 2.25 bits per heavy atom. The summed E-state index contributed by atoms with van der Waals surface area (Å²) in [7, 11) is 0. The molecule has 0 N–H and O–H groups in total. The molecule has 0 rings (SSSR count). The number of hydrogen-bond donors (Lipinski definition) is 0. The quantitative estimate of drug-likeness (QED) is 0.408. The molecule has 0 aromatic carbocycles. The van der Waals surface area contributed by atoms with Gasteiger partial charge in [0.05, 0.1) is 0 Å². The molecule has 0 heterocycles. The van der Waals surface area contributed by atoms with Crippen LogP contribution in [0.4, 0.5) is 13.2 Å². The fourth-order valence-corrected chi connectivity index (χ4v) is 0.490. The monoisotopic (exact) mass is 235 g/mol. The molecule has 0 spiro atoms. The molecule has 0 aromatic heterocycles. The molecule has 0 radical (unpaired) electrons. The van der Waals surface area contributed by atoms with Gasteiger partial charge in [0.1, 0.15) is 12.4 Å². The second-order valence-electron chi connectivity index (χ2n) is 2.45. The normalized spacial score (nSPS) is 11.3. The fraction of sp³-hybridized carbons (Fsp3) is 0.455. The minimum Gasteiger partial charge on any atom is -0.295 e. The predicted molar refractivity (Wildman–Crippen MR) is 59.7 cm³/mol. The van der Waals surface area contributed by atoms with E-state index in [0.29, 0.717) is 0 Å². The maximum Gasteiger partial charge on any atom is 0.279 e. The molecule has 0 aromatic rings. The summed E-state index contributed by atoms with van der Waals surface area (Å²) in [6.45, 7) is 7.30. The van der Waals surface area contributed by atoms with Gasteiger partial charge in [0, 0.05) is 11.8 Å². The van der Waals surface area contributed by atoms with Crippen molar-refractivity contribution < 1.29 is 18.0 Å². The lowest BCUT2D eigenvalue weighted by Gasteiger charge is -1.96. The maximum absolute atomic E-state index is 11.9. The number of ketones is 1. The topological polar surface area (TPSA) is 29.4 Å². The van der Waals surface area contributed by atoms with Gasteiger partial charge in [-0.3, -0.25) is 9.79 Å². The van der Waals surface area contributed by atoms with E-state index in [0.717, 1.165) is 12.3 Å². The molecule has 0 aliphatic carbocycles. The first-order chi connectivity index (χ1) is 7.49. The Kier molecular flexibility index (Phi) is 10.8. The van der Waals surface area contributed by atoms with E-state index in [1.165, 1.54) is 6.92 Å². The molecule has 0 aliphatic heterocycles. The van der Waals surface area contributed by atoms with Crippen LogP contribution in [-0.4, -0.2) is 24.6 Å². The second-order valence-corrected chi connectivity index (χ2v) is 2.45. The third kappa shape index (κ3) is 7.96. The van der Waals surface area contributed by atoms with Crippen molar-refractivity contribution in [3.63, 3.8) is 0 Å². The molecule has 0 unspecified atom stereocenters. The van der Waals surface area contributed by atoms with Gasteiger partial charge < -0.3 is 0 Å². The van der Waals surface area contributed by atoms with Gasteiger partial charge in [-0.05, 0) is 13.0 Å². The third-order valence-electron chi connectivity index (χ3n) is 1.36. The predicted octanol–water partition coefficient (Wildman–Crippen LogP) is 3.35. The third-order valence-corrected chi connectivity index (χ3v) is 1.36. The van der Waals surface area contributed by atoms with Crippen LogP contribution >= 0.6 is 0 Å². The highest BCUT2D eigenvalue weighted by molar-refractivity contribution is 5.95. The summed E-state index contributed by atoms with van der Waals surface area (Å²) in [5, 5.41) is 0. The minimum absolute atomic E-state index is 0.126. The van der Waals surface area contributed by atoms with Crippen LogP contribution in [0.15, 0.2) is 29.4 Å². The Morgan fingerprint density at radius 2 is 1.94 bits per heavy atom. The number of hydrogen-bond acceptors (Lipinski definition) is 2. The number of alkyl halides is 3. The van der Waals surface area contributed by atoms with Crippen molar-refractivity contribution in [2.24, 2.45) is 4.99 Å². The number of nitrogens with zero attached hydrogens (tertiary/aromatic N) is 1. The highest BCUT2D eigenvalue weighted by Gasteiger charge is 2.10. The second kappa shape index (κ2) is 10.1. The van der Waals surface area contributed by atoms with Crippen LogP contribution in [0.3, 0.4) is 0 Å². The highest BCUT2D eigenvalue weighted by Crippen LogP contribution is 2.00. The van der Waals surface area contributed by atoms with E-state index < -0.39 is 18.8 Å². The molecular weight excluding hydrogens is 219 g/mol. The zero-order valence-electron chi connectivity index (χ0n) is 9.64. The molecule has 0 amide bonds. The van der Waals surface area contributed by atoms with Crippen LogP contribution in [0.25, 0.3) is 0 Å². The smallest absolute Gasteiger partial charge is 0.279 e. The summed E-state index contributed by atoms with van der Waals surface area (Å²) in [6.07, 6.45) is -0.833. The Bertz CT molecular complexity index is 283. The van der Waals surface area contributed by atoms with Gasteiger partial charge in [-0.15, -0.1) is 0 Å². The van der Waals surface area contributed by atoms with Gasteiger partial charge >= 0.3 is 0 Å². The number of Topliss-reactive ketones (excluding diaryl/α,β-unsaturated/α-hetero) is 1. The van der Waals surface area contributed by atoms with Crippen LogP contribution < -0.4 is 0 Å². The Balaban J connectivity index is 0. The van der Waals surface area contributed by atoms with E-state index >= 15 is 0 Å². The number of allylic oxidation sites excluding steroid dienone is 2. The zero-order valence-corrected chi connectivity index (χ0v) is 9.64. The van der Waals surface area contributed by atoms with Crippen molar-refractivity contribution >= 4 is 11.5 Å². The first-order valence-corrected chi connectivity index (χ1v) is 4.76. The first-order valence-electron chi connectivity index (χ1n) is 4.76. The van der Waals surface area contributed by atoms with Gasteiger partial charge in [0.2, 0.25) is 0 Å². The molecule has 0 saturated carbocycles. The van der Waals surface area contributed by atoms with Crippen molar-refractivity contribution in [2.75, 3.05) is 6.67 Å². The van der Waals surface area contributed by atoms with Crippen LogP contribution in [0, 0.1) is 0 Å². The van der Waals surface area contributed by atoms with Gasteiger partial charge in [-0.1, -0.05) is 20.4 Å². The summed E-state index contributed by atoms with van der Waals surface area (Å²) in [5.74, 6) is -0.296. The van der Waals surface area contributed by atoms with Gasteiger partial charge in [0.15, 0.2) is 5.78 Å². The lowest BCUT2D eigenvalue weighted by atomic mass is 10.2. The van der Waals surface area contributed by atoms with E-state index in [2.05, 4.69) is 11.6 Å². The zero-order chi connectivity index (χ0) is 13.1. The van der Waals surface area contributed by atoms with Crippen molar-refractivity contribution in [1.82, 2.24) is 0 Å². The standard InChI is InChI=1S/C9H10F3NO.C2H6/c1-6(7(2)14)3-4-13-8(5-10)9(11)12;1-2/h3-4,9H,1,5H2,2H3;1-2H3/b4-3-,13-8?;. The SMILES string of the molecule is C=C(/C=C\N=C(CF)C(F)F)C(C)=O.CC. The maximum atomic E-state index is 11.9. The molecule has 16 heavy (non-hydrogen) atoms. The number of carbonyl (C=O) groups is 1. The average Bonchev–Trinajstić information content (AvgIpc) is 2.26. The van der Waals surface area contributed by atoms with Crippen LogP contribution in [0.1, 0.15) is 20.8 Å². The number of halogens is 3. The first kappa shape index (κ1) is 17.0. The van der Waals surface area contributed by atoms with E-state index in [1.54, 1.807) is 0 Å². The molecule has 2 nitrogen and oxygen atoms in total. The largest absolute Gasteiger partial charge is 0.295 e. The molecule has 0 bridgehead atoms. The van der Waals surface area contributed by atoms with Crippen molar-refractivity contribution in [3.05, 3.63) is 24.4 Å². The molecule has 0 aliphatic rings. The number of aliphatic imine (C=N–C) groups is 1. The lowest BCUT2D eigenvalue weighted by molar-refractivity contribution is -0.113. The van der Waals surface area contributed by atoms with Crippen molar-refractivity contribution in [2.45, 2.75) is 27.2 Å². The summed E-state index contributed by atoms with van der Waals surface area (Å²) < 4.78 is 35.6. The summed E-state index contributed by atoms with van der Waals surface area (Å²) in [6, 6.07) is 0. The molecule has 5 heteroatoms. The molecule has 92 valence electrons. The Hall–Kier alpha value is -1.39. The van der Waals surface area contributed by atoms with Crippen LogP contribution in [0.5, 0.6) is 0 Å². The van der Waals surface area contributed by atoms with Crippen molar-refractivity contribution in [1.29, 1.82) is 0 Å². The van der Waals surface area contributed by atoms with Gasteiger partial charge in [-0.25, -0.2) is 13.2 Å². The van der Waals surface area contributed by atoms with Crippen LogP contribution in [0.2, 0.25) is 0 Å². The van der Waals surface area contributed by atoms with E-state index in [4.69, 9.17) is 0 Å². The van der Waals surface area contributed by atoms with E-state index in [9.17, 15) is 18.0 Å². The summed E-state index contributed by atoms with van der Waals surface area (Å²) in [4.78, 5) is 13.8. The summed E-state index contributed by atoms with van der Waals surface area (Å²) in [5.41, 5.74) is -0.737. The Morgan fingerprint density at radius 1 is 1.44 bits per heavy atom. The molecule has 0 atom stereocenters. The minimum atomic E-state index is -2.92. The van der Waals surface area contributed by atoms with E-state index in [-0.39, 0.29) is 11.4 Å². The fourth-order valence-electron chi connectivity index (χ4n) is 0.490. The average molecular weight is 235 g/mol. The number of carbonyl (C=O) groups excluding carboxylic acids is 1. The molecule has 0 saturated heterocycles. The van der Waals surface area contributed by atoms with Crippen molar-refractivity contribution in [3.8, 4) is 0 Å². The highest BCUT2D eigenvalue weighted by atomic mass is 19.3. The number of rotatable bonds is 5. The lowest BCUT2D eigenvalue weighted by Crippen LogP contribution is -2.11. The molecular formula is C11H16F3NO. The van der Waals surface area contributed by atoms with Gasteiger partial charge in [0.25, 0.3) is 6.43 Å². The molecule has 0 fully saturated rings. The Labute approximate surface area is 93.6 Å². The summed E-state index contributed by atoms with van der Waals surface area (Å²) >= 11 is 0.